The van der Waals surface area contributed by atoms with E-state index in [1.807, 2.05) is 6.08 Å². The van der Waals surface area contributed by atoms with Gasteiger partial charge in [-0.2, -0.15) is 0 Å². The fourth-order valence-electron chi connectivity index (χ4n) is 1.84. The molecule has 70 valence electrons. The molecule has 0 N–H and O–H groups in total. The predicted molar refractivity (Wildman–Crippen MR) is 56.5 cm³/mol. The first-order chi connectivity index (χ1) is 5.69. The molecule has 1 aliphatic rings. The Kier molecular flexibility index (Phi) is 3.53. The first-order valence-electron chi connectivity index (χ1n) is 4.94. The Morgan fingerprint density at radius 1 is 1.67 bits per heavy atom. The van der Waals surface area contributed by atoms with Gasteiger partial charge < -0.3 is 4.74 Å². The third-order valence-electron chi connectivity index (χ3n) is 3.06. The van der Waals surface area contributed by atoms with Crippen molar-refractivity contribution in [3.05, 3.63) is 12.7 Å². The lowest BCUT2D eigenvalue weighted by atomic mass is 9.93. The lowest BCUT2D eigenvalue weighted by Crippen LogP contribution is -2.42. The highest BCUT2D eigenvalue weighted by atomic mass is 28.1. The van der Waals surface area contributed by atoms with Crippen molar-refractivity contribution in [1.29, 1.82) is 0 Å². The maximum atomic E-state index is 5.89. The van der Waals surface area contributed by atoms with Crippen LogP contribution in [-0.2, 0) is 4.74 Å². The zero-order chi connectivity index (χ0) is 9.03. The van der Waals surface area contributed by atoms with Crippen LogP contribution in [-0.4, -0.2) is 22.1 Å². The third kappa shape index (κ3) is 2.20. The average molecular weight is 184 g/mol. The number of ether oxygens (including phenoxy) is 1. The van der Waals surface area contributed by atoms with E-state index in [0.29, 0.717) is 5.92 Å². The zero-order valence-corrected chi connectivity index (χ0v) is 10.3. The van der Waals surface area contributed by atoms with Crippen molar-refractivity contribution in [3.63, 3.8) is 0 Å². The molecule has 2 unspecified atom stereocenters. The van der Waals surface area contributed by atoms with E-state index in [9.17, 15) is 0 Å². The Bertz CT molecular complexity index is 150. The molecule has 0 amide bonds. The van der Waals surface area contributed by atoms with Gasteiger partial charge in [0.05, 0.1) is 5.22 Å². The molecule has 0 aromatic rings. The van der Waals surface area contributed by atoms with Crippen LogP contribution in [0.5, 0.6) is 0 Å². The molecule has 0 aromatic carbocycles. The Morgan fingerprint density at radius 2 is 2.42 bits per heavy atom. The van der Waals surface area contributed by atoms with Crippen molar-refractivity contribution in [2.24, 2.45) is 5.92 Å². The van der Waals surface area contributed by atoms with Crippen LogP contribution in [0.2, 0.25) is 0 Å². The van der Waals surface area contributed by atoms with Crippen molar-refractivity contribution < 1.29 is 4.74 Å². The van der Waals surface area contributed by atoms with Gasteiger partial charge in [-0.05, 0) is 31.6 Å². The molecule has 2 heteroatoms. The highest BCUT2D eigenvalue weighted by Gasteiger charge is 2.32. The summed E-state index contributed by atoms with van der Waals surface area (Å²) in [5, 5.41) is 0.256. The number of rotatable bonds is 3. The maximum absolute atomic E-state index is 5.89. The number of hydrogen-bond donors (Lipinski definition) is 0. The van der Waals surface area contributed by atoms with Gasteiger partial charge in [0.2, 0.25) is 0 Å². The fraction of sp³-hybridized carbons (Fsp3) is 0.800. The summed E-state index contributed by atoms with van der Waals surface area (Å²) < 4.78 is 5.89. The normalized spacial score (nSPS) is 33.1. The molecule has 1 fully saturated rings. The SMILES string of the molecule is C=CCC(C)C1([SiH3])CCCCO1. The van der Waals surface area contributed by atoms with Crippen LogP contribution in [0, 0.1) is 5.92 Å². The van der Waals surface area contributed by atoms with Crippen LogP contribution in [0.15, 0.2) is 12.7 Å². The van der Waals surface area contributed by atoms with Crippen molar-refractivity contribution in [3.8, 4) is 0 Å². The van der Waals surface area contributed by atoms with E-state index < -0.39 is 0 Å². The van der Waals surface area contributed by atoms with E-state index in [1.54, 1.807) is 0 Å². The molecule has 12 heavy (non-hydrogen) atoms. The van der Waals surface area contributed by atoms with Crippen molar-refractivity contribution in [2.45, 2.75) is 37.8 Å². The van der Waals surface area contributed by atoms with Gasteiger partial charge in [0.25, 0.3) is 0 Å². The molecule has 0 aliphatic carbocycles. The quantitative estimate of drug-likeness (QED) is 0.477. The van der Waals surface area contributed by atoms with Crippen LogP contribution >= 0.6 is 0 Å². The third-order valence-corrected chi connectivity index (χ3v) is 4.84. The van der Waals surface area contributed by atoms with E-state index in [4.69, 9.17) is 4.74 Å². The van der Waals surface area contributed by atoms with Crippen molar-refractivity contribution >= 4 is 10.2 Å². The molecule has 0 bridgehead atoms. The molecule has 0 radical (unpaired) electrons. The van der Waals surface area contributed by atoms with Crippen molar-refractivity contribution in [1.82, 2.24) is 0 Å². The summed E-state index contributed by atoms with van der Waals surface area (Å²) in [6.07, 6.45) is 7.00. The van der Waals surface area contributed by atoms with Crippen LogP contribution in [0.25, 0.3) is 0 Å². The minimum Gasteiger partial charge on any atom is -0.379 e. The van der Waals surface area contributed by atoms with Gasteiger partial charge in [0.15, 0.2) is 0 Å². The molecule has 1 rings (SSSR count). The van der Waals surface area contributed by atoms with Crippen LogP contribution in [0.1, 0.15) is 32.6 Å². The first-order valence-corrected chi connectivity index (χ1v) is 5.94. The van der Waals surface area contributed by atoms with Crippen LogP contribution in [0.4, 0.5) is 0 Å². The van der Waals surface area contributed by atoms with Crippen molar-refractivity contribution in [2.75, 3.05) is 6.61 Å². The van der Waals surface area contributed by atoms with Crippen LogP contribution < -0.4 is 0 Å². The fourth-order valence-corrected chi connectivity index (χ4v) is 2.64. The Morgan fingerprint density at radius 3 is 2.92 bits per heavy atom. The smallest absolute Gasteiger partial charge is 0.0513 e. The van der Waals surface area contributed by atoms with Gasteiger partial charge >= 0.3 is 0 Å². The van der Waals surface area contributed by atoms with Gasteiger partial charge in [-0.3, -0.25) is 0 Å². The van der Waals surface area contributed by atoms with Gasteiger partial charge in [-0.15, -0.1) is 6.58 Å². The van der Waals surface area contributed by atoms with E-state index in [0.717, 1.165) is 23.3 Å². The predicted octanol–water partition coefficient (Wildman–Crippen LogP) is 1.46. The summed E-state index contributed by atoms with van der Waals surface area (Å²) in [6, 6.07) is 0. The average Bonchev–Trinajstić information content (AvgIpc) is 2.06. The molecule has 0 saturated carbocycles. The molecule has 0 aromatic heterocycles. The zero-order valence-electron chi connectivity index (χ0n) is 8.31. The topological polar surface area (TPSA) is 9.23 Å². The minimum absolute atomic E-state index is 0.256. The summed E-state index contributed by atoms with van der Waals surface area (Å²) in [4.78, 5) is 0. The van der Waals surface area contributed by atoms with Gasteiger partial charge in [-0.25, -0.2) is 0 Å². The minimum atomic E-state index is 0.256. The van der Waals surface area contributed by atoms with E-state index in [1.165, 1.54) is 19.3 Å². The summed E-state index contributed by atoms with van der Waals surface area (Å²) in [6.45, 7) is 7.06. The molecule has 1 heterocycles. The standard InChI is InChI=1S/C10H20OSi/c1-3-6-9(2)10(12)7-4-5-8-11-10/h3,9H,1,4-8H2,2,12H3. The van der Waals surface area contributed by atoms with E-state index in [2.05, 4.69) is 13.5 Å². The summed E-state index contributed by atoms with van der Waals surface area (Å²) in [7, 11) is 1.16. The Labute approximate surface area is 78.6 Å². The number of hydrogen-bond acceptors (Lipinski definition) is 1. The largest absolute Gasteiger partial charge is 0.379 e. The first kappa shape index (κ1) is 10.0. The number of allylic oxidation sites excluding steroid dienone is 1. The van der Waals surface area contributed by atoms with Gasteiger partial charge in [0, 0.05) is 16.8 Å². The highest BCUT2D eigenvalue weighted by Crippen LogP contribution is 2.30. The molecular weight excluding hydrogens is 164 g/mol. The molecule has 0 spiro atoms. The second-order valence-electron chi connectivity index (χ2n) is 4.04. The monoisotopic (exact) mass is 184 g/mol. The molecule has 1 saturated heterocycles. The maximum Gasteiger partial charge on any atom is 0.0513 e. The van der Waals surface area contributed by atoms with Crippen LogP contribution in [0.3, 0.4) is 0 Å². The second kappa shape index (κ2) is 4.24. The van der Waals surface area contributed by atoms with Gasteiger partial charge in [0.1, 0.15) is 0 Å². The highest BCUT2D eigenvalue weighted by molar-refractivity contribution is 6.14. The summed E-state index contributed by atoms with van der Waals surface area (Å²) in [5.41, 5.74) is 0. The summed E-state index contributed by atoms with van der Waals surface area (Å²) >= 11 is 0. The molecular formula is C10H20OSi. The van der Waals surface area contributed by atoms with E-state index >= 15 is 0 Å². The Balaban J connectivity index is 2.49. The Hall–Kier alpha value is -0.0831. The molecule has 1 nitrogen and oxygen atoms in total. The summed E-state index contributed by atoms with van der Waals surface area (Å²) in [5.74, 6) is 0.668. The second-order valence-corrected chi connectivity index (χ2v) is 5.74. The van der Waals surface area contributed by atoms with E-state index in [-0.39, 0.29) is 5.22 Å². The molecule has 2 atom stereocenters. The molecule has 1 aliphatic heterocycles. The van der Waals surface area contributed by atoms with Gasteiger partial charge in [-0.1, -0.05) is 13.0 Å². The lowest BCUT2D eigenvalue weighted by Gasteiger charge is -2.39. The lowest BCUT2D eigenvalue weighted by molar-refractivity contribution is -0.0502.